The van der Waals surface area contributed by atoms with Gasteiger partial charge in [0.1, 0.15) is 11.2 Å². The molecule has 13 rings (SSSR count). The van der Waals surface area contributed by atoms with Gasteiger partial charge in [0.25, 0.3) is 0 Å². The highest BCUT2D eigenvalue weighted by molar-refractivity contribution is 7.25. The number of aromatic nitrogens is 1. The number of hydrogen-bond acceptors (Lipinski definition) is 3. The van der Waals surface area contributed by atoms with Crippen molar-refractivity contribution in [3.05, 3.63) is 137 Å². The van der Waals surface area contributed by atoms with E-state index in [1.165, 1.54) is 133 Å². The van der Waals surface area contributed by atoms with E-state index in [-0.39, 0.29) is 33.9 Å². The van der Waals surface area contributed by atoms with Gasteiger partial charge >= 0.3 is 6.85 Å². The Balaban J connectivity index is 1.25. The third kappa shape index (κ3) is 5.64. The van der Waals surface area contributed by atoms with Crippen molar-refractivity contribution in [3.8, 4) is 16.8 Å². The molecule has 0 amide bonds. The van der Waals surface area contributed by atoms with E-state index in [1.807, 2.05) is 11.3 Å². The number of para-hydroxylation sites is 1. The van der Waals surface area contributed by atoms with Crippen molar-refractivity contribution in [2.75, 3.05) is 4.81 Å². The van der Waals surface area contributed by atoms with Crippen molar-refractivity contribution in [2.45, 2.75) is 130 Å². The standard InChI is InChI=1S/C62H61BN2OS/c1-58(2,3)34-18-22-37(23-19-34)65-48-31-40-39-30-43-44(62(12,13)27-26-61(43,10)11)33-51(39)67-50(40)32-42(48)54-55-56-52(53-38-16-14-15-17-49(38)66-57(53)54)41-28-35(59(4,5)6)20-24-46(41)64(56)47-25-21-36(60(7,8)9)29-45(47)63(55)65/h14-25,28-33H,26-27H2,1-13H3. The van der Waals surface area contributed by atoms with Gasteiger partial charge in [-0.3, -0.25) is 0 Å². The predicted molar refractivity (Wildman–Crippen MR) is 291 cm³/mol. The van der Waals surface area contributed by atoms with E-state index in [0.717, 1.165) is 11.2 Å². The van der Waals surface area contributed by atoms with Crippen LogP contribution in [0.5, 0.6) is 0 Å². The van der Waals surface area contributed by atoms with Crippen LogP contribution in [0.2, 0.25) is 0 Å². The fourth-order valence-corrected chi connectivity index (χ4v) is 13.6. The molecule has 7 aromatic carbocycles. The molecule has 0 saturated heterocycles. The summed E-state index contributed by atoms with van der Waals surface area (Å²) in [6, 6.07) is 43.2. The SMILES string of the molecule is CC(C)(C)c1ccc(N2B3c4cc(C(C)(C)C)ccc4-n4c5ccc(C(C)(C)C)cc5c5c6c(oc7ccccc76)c(c3c54)-c3cc4sc5cc6c(cc5c4cc32)C(C)(C)CCC6(C)C)cc1. The lowest BCUT2D eigenvalue weighted by atomic mass is 9.43. The Morgan fingerprint density at radius 2 is 1.18 bits per heavy atom. The van der Waals surface area contributed by atoms with Crippen molar-refractivity contribution < 1.29 is 4.42 Å². The van der Waals surface area contributed by atoms with Gasteiger partial charge in [-0.05, 0) is 139 Å². The lowest BCUT2D eigenvalue weighted by Gasteiger charge is -2.42. The highest BCUT2D eigenvalue weighted by Crippen LogP contribution is 2.55. The zero-order valence-electron chi connectivity index (χ0n) is 41.6. The van der Waals surface area contributed by atoms with E-state index < -0.39 is 0 Å². The van der Waals surface area contributed by atoms with Crippen molar-refractivity contribution >= 4 is 104 Å². The second-order valence-corrected chi connectivity index (χ2v) is 25.9. The normalized spacial score (nSPS) is 16.5. The van der Waals surface area contributed by atoms with Crippen LogP contribution in [0, 0.1) is 0 Å². The highest BCUT2D eigenvalue weighted by Gasteiger charge is 2.47. The van der Waals surface area contributed by atoms with Gasteiger partial charge in [0.15, 0.2) is 0 Å². The summed E-state index contributed by atoms with van der Waals surface area (Å²) in [4.78, 5) is 2.72. The van der Waals surface area contributed by atoms with Gasteiger partial charge in [0, 0.05) is 69.9 Å². The minimum atomic E-state index is -0.130. The topological polar surface area (TPSA) is 21.3 Å². The average molecular weight is 893 g/mol. The van der Waals surface area contributed by atoms with E-state index in [1.54, 1.807) is 0 Å². The molecule has 0 spiro atoms. The smallest absolute Gasteiger partial charge is 0.333 e. The summed E-state index contributed by atoms with van der Waals surface area (Å²) in [5.41, 5.74) is 20.5. The first-order valence-electron chi connectivity index (χ1n) is 24.7. The maximum Gasteiger partial charge on any atom is 0.333 e. The predicted octanol–water partition coefficient (Wildman–Crippen LogP) is 16.5. The molecule has 10 aromatic rings. The van der Waals surface area contributed by atoms with Gasteiger partial charge in [-0.15, -0.1) is 11.3 Å². The first-order chi connectivity index (χ1) is 31.6. The molecule has 0 unspecified atom stereocenters. The van der Waals surface area contributed by atoms with Crippen LogP contribution in [-0.2, 0) is 27.1 Å². The Morgan fingerprint density at radius 1 is 0.567 bits per heavy atom. The molecule has 3 nitrogen and oxygen atoms in total. The van der Waals surface area contributed by atoms with Gasteiger partial charge in [-0.1, -0.05) is 139 Å². The second-order valence-electron chi connectivity index (χ2n) is 24.9. The van der Waals surface area contributed by atoms with Crippen LogP contribution in [0.15, 0.2) is 114 Å². The summed E-state index contributed by atoms with van der Waals surface area (Å²) in [7, 11) is 0. The zero-order valence-corrected chi connectivity index (χ0v) is 42.4. The summed E-state index contributed by atoms with van der Waals surface area (Å²) in [5, 5.41) is 7.68. The number of nitrogens with zero attached hydrogens (tertiary/aromatic N) is 2. The van der Waals surface area contributed by atoms with Gasteiger partial charge < -0.3 is 13.8 Å². The summed E-state index contributed by atoms with van der Waals surface area (Å²) in [5.74, 6) is 0. The maximum absolute atomic E-state index is 7.36. The Hall–Kier alpha value is -5.78. The highest BCUT2D eigenvalue weighted by atomic mass is 32.1. The van der Waals surface area contributed by atoms with Gasteiger partial charge in [-0.2, -0.15) is 0 Å². The summed E-state index contributed by atoms with van der Waals surface area (Å²) in [6.45, 7) is 30.7. The van der Waals surface area contributed by atoms with Crippen LogP contribution in [0.1, 0.15) is 131 Å². The molecule has 0 atom stereocenters. The van der Waals surface area contributed by atoms with E-state index in [2.05, 4.69) is 209 Å². The van der Waals surface area contributed by atoms with E-state index in [9.17, 15) is 0 Å². The second kappa shape index (κ2) is 13.1. The minimum absolute atomic E-state index is 0.0218. The lowest BCUT2D eigenvalue weighted by Crippen LogP contribution is -2.60. The van der Waals surface area contributed by atoms with Gasteiger partial charge in [0.2, 0.25) is 0 Å². The van der Waals surface area contributed by atoms with Crippen molar-refractivity contribution in [1.29, 1.82) is 0 Å². The summed E-state index contributed by atoms with van der Waals surface area (Å²) in [6.07, 6.45) is 2.40. The Morgan fingerprint density at radius 3 is 1.88 bits per heavy atom. The molecular weight excluding hydrogens is 832 g/mol. The van der Waals surface area contributed by atoms with Gasteiger partial charge in [-0.25, -0.2) is 0 Å². The number of fused-ring (bicyclic) bond motifs is 17. The quantitative estimate of drug-likeness (QED) is 0.153. The van der Waals surface area contributed by atoms with E-state index in [4.69, 9.17) is 4.42 Å². The molecule has 334 valence electrons. The third-order valence-corrected chi connectivity index (χ3v) is 17.6. The molecule has 0 bridgehead atoms. The maximum atomic E-state index is 7.36. The molecule has 3 aromatic heterocycles. The molecule has 67 heavy (non-hydrogen) atoms. The molecule has 3 aliphatic rings. The molecule has 0 N–H and O–H groups in total. The third-order valence-electron chi connectivity index (χ3n) is 16.5. The van der Waals surface area contributed by atoms with Crippen molar-refractivity contribution in [3.63, 3.8) is 0 Å². The van der Waals surface area contributed by atoms with Crippen LogP contribution in [-0.4, -0.2) is 11.4 Å². The monoisotopic (exact) mass is 892 g/mol. The largest absolute Gasteiger partial charge is 0.455 e. The lowest BCUT2D eigenvalue weighted by molar-refractivity contribution is 0.332. The van der Waals surface area contributed by atoms with Crippen molar-refractivity contribution in [1.82, 2.24) is 4.57 Å². The van der Waals surface area contributed by atoms with E-state index >= 15 is 0 Å². The summed E-state index contributed by atoms with van der Waals surface area (Å²) >= 11 is 1.96. The van der Waals surface area contributed by atoms with Crippen LogP contribution in [0.4, 0.5) is 11.4 Å². The van der Waals surface area contributed by atoms with Crippen LogP contribution >= 0.6 is 11.3 Å². The minimum Gasteiger partial charge on any atom is -0.455 e. The molecule has 2 aliphatic heterocycles. The molecule has 0 saturated carbocycles. The van der Waals surface area contributed by atoms with Crippen LogP contribution in [0.25, 0.3) is 80.7 Å². The molecule has 5 heterocycles. The Bertz CT molecular complexity index is 3810. The summed E-state index contributed by atoms with van der Waals surface area (Å²) < 4.78 is 12.7. The van der Waals surface area contributed by atoms with Crippen LogP contribution < -0.4 is 15.7 Å². The first-order valence-corrected chi connectivity index (χ1v) is 25.5. The van der Waals surface area contributed by atoms with Crippen LogP contribution in [0.3, 0.4) is 0 Å². The first kappa shape index (κ1) is 41.4. The Kier molecular flexibility index (Phi) is 8.07. The molecular formula is C62H61BN2OS. The Labute approximate surface area is 399 Å². The molecule has 0 fully saturated rings. The number of furan rings is 1. The number of benzene rings is 7. The fraction of sp³-hybridized carbons (Fsp3) is 0.323. The molecule has 1 aliphatic carbocycles. The average Bonchev–Trinajstić information content (AvgIpc) is 3.94. The molecule has 0 radical (unpaired) electrons. The number of hydrogen-bond donors (Lipinski definition) is 0. The number of rotatable bonds is 1. The fourth-order valence-electron chi connectivity index (χ4n) is 12.4. The van der Waals surface area contributed by atoms with Crippen molar-refractivity contribution in [2.24, 2.45) is 0 Å². The molecule has 5 heteroatoms. The zero-order chi connectivity index (χ0) is 46.6. The van der Waals surface area contributed by atoms with E-state index in [0.29, 0.717) is 0 Å². The number of anilines is 2. The number of thiophene rings is 1. The van der Waals surface area contributed by atoms with Gasteiger partial charge in [0.05, 0.1) is 11.0 Å².